The number of carbonyl (C=O) groups is 1. The van der Waals surface area contributed by atoms with Gasteiger partial charge in [0.05, 0.1) is 0 Å². The lowest BCUT2D eigenvalue weighted by molar-refractivity contribution is -0.151. The van der Waals surface area contributed by atoms with Crippen molar-refractivity contribution in [2.45, 2.75) is 45.1 Å². The predicted octanol–water partition coefficient (Wildman–Crippen LogP) is 2.44. The minimum absolute atomic E-state index is 0.109. The largest absolute Gasteiger partial charge is 0.455 e. The molecule has 0 amide bonds. The van der Waals surface area contributed by atoms with E-state index < -0.39 is 0 Å². The molecule has 0 spiro atoms. The Balaban J connectivity index is 2.44. The molecule has 2 rings (SSSR count). The van der Waals surface area contributed by atoms with Gasteiger partial charge in [-0.1, -0.05) is 19.9 Å². The summed E-state index contributed by atoms with van der Waals surface area (Å²) < 4.78 is 5.43. The second-order valence-corrected chi connectivity index (χ2v) is 4.64. The van der Waals surface area contributed by atoms with Crippen LogP contribution in [0.15, 0.2) is 12.2 Å². The zero-order valence-electron chi connectivity index (χ0n) is 8.35. The van der Waals surface area contributed by atoms with Crippen LogP contribution >= 0.6 is 0 Å². The molecule has 1 heterocycles. The van der Waals surface area contributed by atoms with E-state index in [1.807, 2.05) is 6.92 Å². The molecule has 72 valence electrons. The number of esters is 1. The summed E-state index contributed by atoms with van der Waals surface area (Å²) in [5.41, 5.74) is 0.288. The van der Waals surface area contributed by atoms with E-state index in [1.54, 1.807) is 0 Å². The van der Waals surface area contributed by atoms with E-state index in [4.69, 9.17) is 4.74 Å². The first-order chi connectivity index (χ1) is 6.00. The van der Waals surface area contributed by atoms with Crippen LogP contribution in [0.5, 0.6) is 0 Å². The van der Waals surface area contributed by atoms with E-state index >= 15 is 0 Å². The minimum atomic E-state index is -0.278. The van der Waals surface area contributed by atoms with Crippen LogP contribution in [0.1, 0.15) is 39.5 Å². The fourth-order valence-electron chi connectivity index (χ4n) is 2.61. The number of hydrogen-bond acceptors (Lipinski definition) is 2. The zero-order valence-corrected chi connectivity index (χ0v) is 8.35. The minimum Gasteiger partial charge on any atom is -0.455 e. The molecule has 2 aliphatic rings. The molecule has 0 bridgehead atoms. The van der Waals surface area contributed by atoms with Crippen molar-refractivity contribution in [3.8, 4) is 0 Å². The maximum atomic E-state index is 11.4. The van der Waals surface area contributed by atoms with Gasteiger partial charge in [-0.15, -0.1) is 0 Å². The Kier molecular flexibility index (Phi) is 1.60. The second-order valence-electron chi connectivity index (χ2n) is 4.64. The molecular weight excluding hydrogens is 164 g/mol. The highest BCUT2D eigenvalue weighted by Gasteiger charge is 2.58. The van der Waals surface area contributed by atoms with Gasteiger partial charge in [-0.3, -0.25) is 0 Å². The molecule has 0 aromatic carbocycles. The van der Waals surface area contributed by atoms with Crippen molar-refractivity contribution in [2.24, 2.45) is 5.41 Å². The number of ether oxygens (including phenoxy) is 1. The molecular formula is C11H16O2. The lowest BCUT2D eigenvalue weighted by Crippen LogP contribution is -2.43. The van der Waals surface area contributed by atoms with Crippen molar-refractivity contribution < 1.29 is 9.53 Å². The monoisotopic (exact) mass is 180 g/mol. The SMILES string of the molecule is C=C1C(=O)OC2(C)CCCCC12C. The Labute approximate surface area is 79.0 Å². The molecule has 2 nitrogen and oxygen atoms in total. The molecule has 2 heteroatoms. The predicted molar refractivity (Wildman–Crippen MR) is 50.2 cm³/mol. The van der Waals surface area contributed by atoms with Crippen LogP contribution in [0.2, 0.25) is 0 Å². The summed E-state index contributed by atoms with van der Waals surface area (Å²) in [6.45, 7) is 8.02. The number of hydrogen-bond donors (Lipinski definition) is 0. The van der Waals surface area contributed by atoms with Gasteiger partial charge >= 0.3 is 5.97 Å². The summed E-state index contributed by atoms with van der Waals surface area (Å²) >= 11 is 0. The van der Waals surface area contributed by atoms with E-state index in [9.17, 15) is 4.79 Å². The quantitative estimate of drug-likeness (QED) is 0.423. The molecule has 1 saturated carbocycles. The van der Waals surface area contributed by atoms with Gasteiger partial charge in [0.25, 0.3) is 0 Å². The fourth-order valence-corrected chi connectivity index (χ4v) is 2.61. The molecule has 0 aromatic rings. The van der Waals surface area contributed by atoms with E-state index in [1.165, 1.54) is 6.42 Å². The average molecular weight is 180 g/mol. The van der Waals surface area contributed by atoms with Gasteiger partial charge in [-0.25, -0.2) is 4.79 Å². The van der Waals surface area contributed by atoms with Crippen LogP contribution in [0.3, 0.4) is 0 Å². The number of carbonyl (C=O) groups excluding carboxylic acids is 1. The summed E-state index contributed by atoms with van der Waals surface area (Å²) in [4.78, 5) is 11.4. The Bertz CT molecular complexity index is 282. The highest BCUT2D eigenvalue weighted by atomic mass is 16.6. The molecule has 1 aliphatic heterocycles. The van der Waals surface area contributed by atoms with E-state index in [2.05, 4.69) is 13.5 Å². The lowest BCUT2D eigenvalue weighted by atomic mass is 9.63. The Hall–Kier alpha value is -0.790. The van der Waals surface area contributed by atoms with Crippen LogP contribution in [0.4, 0.5) is 0 Å². The summed E-state index contributed by atoms with van der Waals surface area (Å²) in [5.74, 6) is -0.188. The first kappa shape index (κ1) is 8.79. The molecule has 0 radical (unpaired) electrons. The molecule has 0 aromatic heterocycles. The van der Waals surface area contributed by atoms with Crippen LogP contribution < -0.4 is 0 Å². The molecule has 1 aliphatic carbocycles. The van der Waals surface area contributed by atoms with E-state index in [-0.39, 0.29) is 17.0 Å². The highest BCUT2D eigenvalue weighted by Crippen LogP contribution is 2.55. The smallest absolute Gasteiger partial charge is 0.334 e. The first-order valence-corrected chi connectivity index (χ1v) is 4.92. The molecule has 2 unspecified atom stereocenters. The van der Waals surface area contributed by atoms with Crippen molar-refractivity contribution in [3.63, 3.8) is 0 Å². The molecule has 0 N–H and O–H groups in total. The van der Waals surface area contributed by atoms with Crippen LogP contribution in [0.25, 0.3) is 0 Å². The number of rotatable bonds is 0. The van der Waals surface area contributed by atoms with Crippen molar-refractivity contribution in [1.82, 2.24) is 0 Å². The topological polar surface area (TPSA) is 26.3 Å². The van der Waals surface area contributed by atoms with Gasteiger partial charge in [0.2, 0.25) is 0 Å². The summed E-state index contributed by atoms with van der Waals surface area (Å²) in [6.07, 6.45) is 4.36. The van der Waals surface area contributed by atoms with Gasteiger partial charge in [0.1, 0.15) is 5.60 Å². The summed E-state index contributed by atoms with van der Waals surface area (Å²) in [7, 11) is 0. The molecule has 1 saturated heterocycles. The second kappa shape index (κ2) is 2.37. The van der Waals surface area contributed by atoms with Crippen molar-refractivity contribution in [2.75, 3.05) is 0 Å². The summed E-state index contributed by atoms with van der Waals surface area (Å²) in [5, 5.41) is 0. The van der Waals surface area contributed by atoms with Crippen LogP contribution in [-0.4, -0.2) is 11.6 Å². The Morgan fingerprint density at radius 3 is 2.54 bits per heavy atom. The number of fused-ring (bicyclic) bond motifs is 1. The van der Waals surface area contributed by atoms with Crippen molar-refractivity contribution in [3.05, 3.63) is 12.2 Å². The summed E-state index contributed by atoms with van der Waals surface area (Å²) in [6, 6.07) is 0. The maximum Gasteiger partial charge on any atom is 0.334 e. The third-order valence-corrected chi connectivity index (χ3v) is 3.98. The standard InChI is InChI=1S/C11H16O2/c1-8-9(12)13-11(3)7-5-4-6-10(8,11)2/h1,4-7H2,2-3H3. The Morgan fingerprint density at radius 1 is 1.31 bits per heavy atom. The lowest BCUT2D eigenvalue weighted by Gasteiger charge is -2.42. The Morgan fingerprint density at radius 2 is 1.92 bits per heavy atom. The highest BCUT2D eigenvalue weighted by molar-refractivity contribution is 5.92. The van der Waals surface area contributed by atoms with Gasteiger partial charge in [-0.05, 0) is 26.2 Å². The van der Waals surface area contributed by atoms with E-state index in [0.29, 0.717) is 5.57 Å². The van der Waals surface area contributed by atoms with Crippen LogP contribution in [-0.2, 0) is 9.53 Å². The van der Waals surface area contributed by atoms with Gasteiger partial charge in [0.15, 0.2) is 0 Å². The molecule has 13 heavy (non-hydrogen) atoms. The maximum absolute atomic E-state index is 11.4. The van der Waals surface area contributed by atoms with Gasteiger partial charge < -0.3 is 4.74 Å². The zero-order chi connectivity index (χ0) is 9.69. The third-order valence-electron chi connectivity index (χ3n) is 3.98. The average Bonchev–Trinajstić information content (AvgIpc) is 2.25. The molecule has 2 atom stereocenters. The fraction of sp³-hybridized carbons (Fsp3) is 0.727. The van der Waals surface area contributed by atoms with Crippen LogP contribution in [0, 0.1) is 5.41 Å². The van der Waals surface area contributed by atoms with Gasteiger partial charge in [-0.2, -0.15) is 0 Å². The van der Waals surface area contributed by atoms with Gasteiger partial charge in [0, 0.05) is 11.0 Å². The third kappa shape index (κ3) is 0.917. The first-order valence-electron chi connectivity index (χ1n) is 4.92. The van der Waals surface area contributed by atoms with Crippen molar-refractivity contribution in [1.29, 1.82) is 0 Å². The van der Waals surface area contributed by atoms with Crippen molar-refractivity contribution >= 4 is 5.97 Å². The van der Waals surface area contributed by atoms with E-state index in [0.717, 1.165) is 19.3 Å². The normalized spacial score (nSPS) is 44.5. The molecule has 2 fully saturated rings.